The van der Waals surface area contributed by atoms with E-state index in [4.69, 9.17) is 5.11 Å². The van der Waals surface area contributed by atoms with Crippen LogP contribution in [0, 0.1) is 12.8 Å². The Morgan fingerprint density at radius 2 is 2.38 bits per heavy atom. The fourth-order valence-electron chi connectivity index (χ4n) is 1.68. The van der Waals surface area contributed by atoms with E-state index in [0.717, 1.165) is 17.0 Å². The third-order valence-electron chi connectivity index (χ3n) is 2.57. The lowest BCUT2D eigenvalue weighted by atomic mass is 10.1. The Hall–Kier alpha value is -1.91. The van der Waals surface area contributed by atoms with Gasteiger partial charge in [0.15, 0.2) is 0 Å². The van der Waals surface area contributed by atoms with Crippen LogP contribution in [0.3, 0.4) is 0 Å². The van der Waals surface area contributed by atoms with Crippen molar-refractivity contribution in [1.29, 1.82) is 0 Å². The second-order valence-corrected chi connectivity index (χ2v) is 3.87. The van der Waals surface area contributed by atoms with Crippen molar-refractivity contribution in [3.63, 3.8) is 0 Å². The van der Waals surface area contributed by atoms with Crippen LogP contribution in [0.25, 0.3) is 5.52 Å². The van der Waals surface area contributed by atoms with Gasteiger partial charge >= 0.3 is 5.97 Å². The lowest BCUT2D eigenvalue weighted by Crippen LogP contribution is -2.12. The molecule has 0 saturated carbocycles. The summed E-state index contributed by atoms with van der Waals surface area (Å²) in [7, 11) is 0. The Balaban J connectivity index is 2.42. The van der Waals surface area contributed by atoms with Crippen LogP contribution in [0.5, 0.6) is 0 Å². The minimum Gasteiger partial charge on any atom is -0.481 e. The maximum atomic E-state index is 10.8. The molecule has 2 aromatic heterocycles. The molecule has 5 nitrogen and oxygen atoms in total. The average Bonchev–Trinajstić information content (AvgIpc) is 2.57. The van der Waals surface area contributed by atoms with E-state index in [1.54, 1.807) is 17.6 Å². The quantitative estimate of drug-likeness (QED) is 0.844. The van der Waals surface area contributed by atoms with Gasteiger partial charge < -0.3 is 5.11 Å². The van der Waals surface area contributed by atoms with Crippen LogP contribution in [0.1, 0.15) is 18.4 Å². The molecule has 1 N–H and O–H groups in total. The van der Waals surface area contributed by atoms with Crippen molar-refractivity contribution >= 4 is 11.5 Å². The molecule has 5 heteroatoms. The topological polar surface area (TPSA) is 67.5 Å². The third kappa shape index (κ3) is 1.76. The van der Waals surface area contributed by atoms with Crippen LogP contribution in [-0.4, -0.2) is 25.7 Å². The number of hydrogen-bond donors (Lipinski definition) is 1. The number of fused-ring (bicyclic) bond motifs is 1. The summed E-state index contributed by atoms with van der Waals surface area (Å²) in [6.45, 7) is 3.54. The van der Waals surface area contributed by atoms with E-state index >= 15 is 0 Å². The van der Waals surface area contributed by atoms with Gasteiger partial charge in [0.1, 0.15) is 5.82 Å². The zero-order valence-corrected chi connectivity index (χ0v) is 9.21. The molecule has 84 valence electrons. The standard InChI is InChI=1S/C11H13N3O2/c1-7(11(15)16)6-9-10-4-3-5-12-14(10)8(2)13-9/h3-5,7H,6H2,1-2H3,(H,15,16). The number of carboxylic acid groups (broad SMARTS) is 1. The molecule has 2 rings (SSSR count). The molecule has 0 radical (unpaired) electrons. The molecule has 0 aliphatic carbocycles. The highest BCUT2D eigenvalue weighted by Crippen LogP contribution is 2.15. The van der Waals surface area contributed by atoms with Gasteiger partial charge in [-0.25, -0.2) is 9.50 Å². The lowest BCUT2D eigenvalue weighted by Gasteiger charge is -2.03. The van der Waals surface area contributed by atoms with Crippen molar-refractivity contribution in [2.45, 2.75) is 20.3 Å². The third-order valence-corrected chi connectivity index (χ3v) is 2.57. The number of carbonyl (C=O) groups is 1. The van der Waals surface area contributed by atoms with Crippen LogP contribution in [-0.2, 0) is 11.2 Å². The first-order valence-electron chi connectivity index (χ1n) is 5.11. The van der Waals surface area contributed by atoms with Crippen LogP contribution < -0.4 is 0 Å². The van der Waals surface area contributed by atoms with E-state index in [0.29, 0.717) is 6.42 Å². The number of rotatable bonds is 3. The summed E-state index contributed by atoms with van der Waals surface area (Å²) in [5.74, 6) is -0.454. The van der Waals surface area contributed by atoms with Crippen molar-refractivity contribution in [2.75, 3.05) is 0 Å². The first-order valence-corrected chi connectivity index (χ1v) is 5.11. The SMILES string of the molecule is Cc1nc(CC(C)C(=O)O)c2cccnn12. The first kappa shape index (κ1) is 10.6. The number of aromatic nitrogens is 3. The van der Waals surface area contributed by atoms with Crippen molar-refractivity contribution in [2.24, 2.45) is 5.92 Å². The smallest absolute Gasteiger partial charge is 0.306 e. The fourth-order valence-corrected chi connectivity index (χ4v) is 1.68. The van der Waals surface area contributed by atoms with Gasteiger partial charge in [-0.2, -0.15) is 5.10 Å². The zero-order chi connectivity index (χ0) is 11.7. The molecule has 0 saturated heterocycles. The van der Waals surface area contributed by atoms with Gasteiger partial charge in [-0.15, -0.1) is 0 Å². The molecule has 0 bridgehead atoms. The van der Waals surface area contributed by atoms with E-state index < -0.39 is 11.9 Å². The maximum absolute atomic E-state index is 10.8. The minimum absolute atomic E-state index is 0.429. The molecular formula is C11H13N3O2. The summed E-state index contributed by atoms with van der Waals surface area (Å²) in [5, 5.41) is 13.0. The minimum atomic E-state index is -0.803. The van der Waals surface area contributed by atoms with Crippen molar-refractivity contribution < 1.29 is 9.90 Å². The van der Waals surface area contributed by atoms with Crippen molar-refractivity contribution in [1.82, 2.24) is 14.6 Å². The molecule has 0 aliphatic heterocycles. The fraction of sp³-hybridized carbons (Fsp3) is 0.364. The van der Waals surface area contributed by atoms with Gasteiger partial charge in [0, 0.05) is 12.6 Å². The molecule has 2 heterocycles. The van der Waals surface area contributed by atoms with E-state index in [1.165, 1.54) is 0 Å². The number of aliphatic carboxylic acids is 1. The second-order valence-electron chi connectivity index (χ2n) is 3.87. The summed E-state index contributed by atoms with van der Waals surface area (Å²) in [4.78, 5) is 15.1. The van der Waals surface area contributed by atoms with Gasteiger partial charge in [-0.05, 0) is 19.1 Å². The van der Waals surface area contributed by atoms with Crippen molar-refractivity contribution in [3.8, 4) is 0 Å². The zero-order valence-electron chi connectivity index (χ0n) is 9.21. The summed E-state index contributed by atoms with van der Waals surface area (Å²) < 4.78 is 1.73. The Morgan fingerprint density at radius 3 is 3.06 bits per heavy atom. The average molecular weight is 219 g/mol. The molecule has 1 atom stereocenters. The number of imidazole rings is 1. The molecule has 0 aromatic carbocycles. The summed E-state index contributed by atoms with van der Waals surface area (Å²) in [6, 6.07) is 3.72. The molecule has 0 amide bonds. The lowest BCUT2D eigenvalue weighted by molar-refractivity contribution is -0.141. The van der Waals surface area contributed by atoms with E-state index in [-0.39, 0.29) is 0 Å². The monoisotopic (exact) mass is 219 g/mol. The molecule has 1 unspecified atom stereocenters. The number of carboxylic acids is 1. The van der Waals surface area contributed by atoms with Gasteiger partial charge in [-0.3, -0.25) is 4.79 Å². The van der Waals surface area contributed by atoms with E-state index in [2.05, 4.69) is 10.1 Å². The number of hydrogen-bond acceptors (Lipinski definition) is 3. The highest BCUT2D eigenvalue weighted by atomic mass is 16.4. The maximum Gasteiger partial charge on any atom is 0.306 e. The molecule has 0 fully saturated rings. The van der Waals surface area contributed by atoms with E-state index in [1.807, 2.05) is 19.1 Å². The highest BCUT2D eigenvalue weighted by Gasteiger charge is 2.16. The number of nitrogens with zero attached hydrogens (tertiary/aromatic N) is 3. The van der Waals surface area contributed by atoms with Crippen LogP contribution in [0.15, 0.2) is 18.3 Å². The Kier molecular flexibility index (Phi) is 2.60. The molecular weight excluding hydrogens is 206 g/mol. The normalized spacial score (nSPS) is 12.9. The van der Waals surface area contributed by atoms with Gasteiger partial charge in [-0.1, -0.05) is 6.92 Å². The first-order chi connectivity index (χ1) is 7.59. The summed E-state index contributed by atoms with van der Waals surface area (Å²) in [5.41, 5.74) is 1.67. The van der Waals surface area contributed by atoms with Crippen LogP contribution in [0.2, 0.25) is 0 Å². The molecule has 16 heavy (non-hydrogen) atoms. The Labute approximate surface area is 92.7 Å². The largest absolute Gasteiger partial charge is 0.481 e. The highest BCUT2D eigenvalue weighted by molar-refractivity contribution is 5.70. The van der Waals surface area contributed by atoms with Gasteiger partial charge in [0.2, 0.25) is 0 Å². The van der Waals surface area contributed by atoms with Crippen LogP contribution in [0.4, 0.5) is 0 Å². The predicted molar refractivity (Wildman–Crippen MR) is 58.2 cm³/mol. The van der Waals surface area contributed by atoms with Gasteiger partial charge in [0.25, 0.3) is 0 Å². The second kappa shape index (κ2) is 3.92. The van der Waals surface area contributed by atoms with E-state index in [9.17, 15) is 4.79 Å². The Bertz CT molecular complexity index is 533. The van der Waals surface area contributed by atoms with Crippen molar-refractivity contribution in [3.05, 3.63) is 29.8 Å². The number of aryl methyl sites for hydroxylation is 1. The molecule has 0 spiro atoms. The summed E-state index contributed by atoms with van der Waals surface area (Å²) in [6.07, 6.45) is 2.12. The predicted octanol–water partition coefficient (Wildman–Crippen LogP) is 1.30. The van der Waals surface area contributed by atoms with Crippen LogP contribution >= 0.6 is 0 Å². The molecule has 0 aliphatic rings. The Morgan fingerprint density at radius 1 is 1.62 bits per heavy atom. The summed E-state index contributed by atoms with van der Waals surface area (Å²) >= 11 is 0. The van der Waals surface area contributed by atoms with Gasteiger partial charge in [0.05, 0.1) is 17.1 Å². The molecule has 2 aromatic rings.